The number of rotatable bonds is 3. The van der Waals surface area contributed by atoms with E-state index in [2.05, 4.69) is 41.8 Å². The molecule has 0 saturated heterocycles. The van der Waals surface area contributed by atoms with Gasteiger partial charge in [0.2, 0.25) is 5.95 Å². The Morgan fingerprint density at radius 1 is 0.960 bits per heavy atom. The molecule has 4 heterocycles. The van der Waals surface area contributed by atoms with Crippen molar-refractivity contribution < 1.29 is 0 Å². The standard InChI is InChI=1S/C17H16N8/c1-2-6-16-15(5-1)21-17-24(16)12-22(9-14-4-3-7-18-8-14)13-25(17)23-10-19-20-11-23/h1-8,10-11H,9,12-13H2. The topological polar surface area (TPSA) is 67.9 Å². The monoisotopic (exact) mass is 332 g/mol. The number of pyridine rings is 1. The van der Waals surface area contributed by atoms with Gasteiger partial charge in [-0.2, -0.15) is 0 Å². The van der Waals surface area contributed by atoms with E-state index in [1.807, 2.05) is 35.1 Å². The van der Waals surface area contributed by atoms with Crippen molar-refractivity contribution in [2.24, 2.45) is 0 Å². The molecule has 8 heteroatoms. The summed E-state index contributed by atoms with van der Waals surface area (Å²) in [5.41, 5.74) is 3.28. The zero-order valence-corrected chi connectivity index (χ0v) is 13.5. The third-order valence-corrected chi connectivity index (χ3v) is 4.35. The first kappa shape index (κ1) is 14.1. The second-order valence-corrected chi connectivity index (χ2v) is 6.04. The Balaban J connectivity index is 1.58. The minimum Gasteiger partial charge on any atom is -0.295 e. The van der Waals surface area contributed by atoms with Gasteiger partial charge in [0.25, 0.3) is 0 Å². The second kappa shape index (κ2) is 5.67. The molecular formula is C17H16N8. The molecule has 8 nitrogen and oxygen atoms in total. The van der Waals surface area contributed by atoms with E-state index in [0.29, 0.717) is 6.67 Å². The highest BCUT2D eigenvalue weighted by molar-refractivity contribution is 5.79. The van der Waals surface area contributed by atoms with E-state index < -0.39 is 0 Å². The number of fused-ring (bicyclic) bond motifs is 3. The fraction of sp³-hybridized carbons (Fsp3) is 0.176. The summed E-state index contributed by atoms with van der Waals surface area (Å²) in [6, 6.07) is 12.3. The van der Waals surface area contributed by atoms with Gasteiger partial charge in [-0.25, -0.2) is 14.7 Å². The highest BCUT2D eigenvalue weighted by atomic mass is 15.7. The van der Waals surface area contributed by atoms with Gasteiger partial charge in [-0.1, -0.05) is 18.2 Å². The van der Waals surface area contributed by atoms with Crippen molar-refractivity contribution in [3.8, 4) is 0 Å². The highest BCUT2D eigenvalue weighted by Gasteiger charge is 2.27. The molecule has 4 aromatic rings. The van der Waals surface area contributed by atoms with E-state index in [1.54, 1.807) is 18.9 Å². The molecule has 3 aromatic heterocycles. The summed E-state index contributed by atoms with van der Waals surface area (Å²) in [6.07, 6.45) is 7.09. The van der Waals surface area contributed by atoms with E-state index in [9.17, 15) is 0 Å². The number of aromatic nitrogens is 6. The van der Waals surface area contributed by atoms with E-state index in [4.69, 9.17) is 4.98 Å². The average Bonchev–Trinajstić information content (AvgIpc) is 3.30. The normalized spacial score (nSPS) is 14.8. The molecule has 25 heavy (non-hydrogen) atoms. The van der Waals surface area contributed by atoms with E-state index >= 15 is 0 Å². The number of para-hydroxylation sites is 2. The van der Waals surface area contributed by atoms with Crippen molar-refractivity contribution in [1.29, 1.82) is 0 Å². The molecule has 124 valence electrons. The minimum absolute atomic E-state index is 0.691. The number of anilines is 1. The molecule has 5 rings (SSSR count). The first-order valence-corrected chi connectivity index (χ1v) is 8.07. The molecule has 0 unspecified atom stereocenters. The second-order valence-electron chi connectivity index (χ2n) is 6.04. The summed E-state index contributed by atoms with van der Waals surface area (Å²) in [6.45, 7) is 2.26. The van der Waals surface area contributed by atoms with Crippen LogP contribution in [0.2, 0.25) is 0 Å². The Kier molecular flexibility index (Phi) is 3.20. The lowest BCUT2D eigenvalue weighted by Crippen LogP contribution is -2.46. The smallest absolute Gasteiger partial charge is 0.228 e. The average molecular weight is 332 g/mol. The van der Waals surface area contributed by atoms with Gasteiger partial charge < -0.3 is 0 Å². The van der Waals surface area contributed by atoms with Crippen molar-refractivity contribution in [1.82, 2.24) is 34.3 Å². The van der Waals surface area contributed by atoms with E-state index in [0.717, 1.165) is 30.2 Å². The predicted octanol–water partition coefficient (Wildman–Crippen LogP) is 1.72. The van der Waals surface area contributed by atoms with Gasteiger partial charge in [-0.05, 0) is 23.8 Å². The molecule has 1 aromatic carbocycles. The van der Waals surface area contributed by atoms with Crippen molar-refractivity contribution in [2.45, 2.75) is 13.2 Å². The van der Waals surface area contributed by atoms with Gasteiger partial charge in [0.15, 0.2) is 0 Å². The summed E-state index contributed by atoms with van der Waals surface area (Å²) in [5.74, 6) is 0.892. The van der Waals surface area contributed by atoms with Crippen LogP contribution in [0.15, 0.2) is 61.4 Å². The van der Waals surface area contributed by atoms with Crippen molar-refractivity contribution in [3.05, 3.63) is 67.0 Å². The van der Waals surface area contributed by atoms with Crippen molar-refractivity contribution in [2.75, 3.05) is 11.7 Å². The third kappa shape index (κ3) is 2.43. The van der Waals surface area contributed by atoms with Crippen LogP contribution in [0.4, 0.5) is 5.95 Å². The first-order valence-electron chi connectivity index (χ1n) is 8.07. The third-order valence-electron chi connectivity index (χ3n) is 4.35. The molecule has 0 aliphatic carbocycles. The molecule has 0 radical (unpaired) electrons. The predicted molar refractivity (Wildman–Crippen MR) is 92.3 cm³/mol. The quantitative estimate of drug-likeness (QED) is 0.569. The number of benzene rings is 1. The van der Waals surface area contributed by atoms with Crippen LogP contribution in [-0.2, 0) is 13.2 Å². The number of hydrogen-bond donors (Lipinski definition) is 0. The van der Waals surface area contributed by atoms with Crippen LogP contribution >= 0.6 is 0 Å². The summed E-state index contributed by atoms with van der Waals surface area (Å²) in [4.78, 5) is 11.4. The maximum absolute atomic E-state index is 4.81. The Morgan fingerprint density at radius 2 is 1.84 bits per heavy atom. The van der Waals surface area contributed by atoms with Crippen molar-refractivity contribution >= 4 is 17.0 Å². The number of hydrogen-bond acceptors (Lipinski definition) is 6. The fourth-order valence-corrected chi connectivity index (χ4v) is 3.24. The van der Waals surface area contributed by atoms with Crippen LogP contribution in [0, 0.1) is 0 Å². The van der Waals surface area contributed by atoms with Crippen LogP contribution in [-0.4, -0.2) is 41.0 Å². The van der Waals surface area contributed by atoms with Crippen LogP contribution in [0.3, 0.4) is 0 Å². The lowest BCUT2D eigenvalue weighted by atomic mass is 10.3. The Bertz CT molecular complexity index is 992. The first-order chi connectivity index (χ1) is 12.4. The van der Waals surface area contributed by atoms with Crippen LogP contribution < -0.4 is 5.01 Å². The SMILES string of the molecule is c1cncc(CN2CN(n3cnnc3)c3nc4ccccc4n3C2)c1. The van der Waals surface area contributed by atoms with Gasteiger partial charge in [0.05, 0.1) is 24.4 Å². The van der Waals surface area contributed by atoms with Gasteiger partial charge in [-0.3, -0.25) is 14.5 Å². The Morgan fingerprint density at radius 3 is 2.68 bits per heavy atom. The van der Waals surface area contributed by atoms with Crippen LogP contribution in [0.1, 0.15) is 5.56 Å². The minimum atomic E-state index is 0.691. The molecule has 0 saturated carbocycles. The largest absolute Gasteiger partial charge is 0.295 e. The summed E-state index contributed by atoms with van der Waals surface area (Å²) >= 11 is 0. The van der Waals surface area contributed by atoms with Crippen molar-refractivity contribution in [3.63, 3.8) is 0 Å². The van der Waals surface area contributed by atoms with Gasteiger partial charge in [0, 0.05) is 18.9 Å². The fourth-order valence-electron chi connectivity index (χ4n) is 3.24. The lowest BCUT2D eigenvalue weighted by Gasteiger charge is -2.36. The molecule has 0 spiro atoms. The zero-order valence-electron chi connectivity index (χ0n) is 13.5. The lowest BCUT2D eigenvalue weighted by molar-refractivity contribution is 0.182. The number of imidazole rings is 1. The molecular weight excluding hydrogens is 316 g/mol. The van der Waals surface area contributed by atoms with Crippen LogP contribution in [0.5, 0.6) is 0 Å². The van der Waals surface area contributed by atoms with Gasteiger partial charge in [-0.15, -0.1) is 10.2 Å². The maximum Gasteiger partial charge on any atom is 0.228 e. The Hall–Kier alpha value is -3.26. The van der Waals surface area contributed by atoms with Gasteiger partial charge >= 0.3 is 0 Å². The summed E-state index contributed by atoms with van der Waals surface area (Å²) in [7, 11) is 0. The maximum atomic E-state index is 4.81. The summed E-state index contributed by atoms with van der Waals surface area (Å²) < 4.78 is 4.09. The molecule has 1 aliphatic rings. The summed E-state index contributed by atoms with van der Waals surface area (Å²) in [5, 5.41) is 9.95. The van der Waals surface area contributed by atoms with Gasteiger partial charge in [0.1, 0.15) is 12.7 Å². The van der Waals surface area contributed by atoms with E-state index in [-0.39, 0.29) is 0 Å². The zero-order chi connectivity index (χ0) is 16.6. The molecule has 0 amide bonds. The molecule has 0 N–H and O–H groups in total. The molecule has 0 atom stereocenters. The highest BCUT2D eigenvalue weighted by Crippen LogP contribution is 2.27. The Labute approximate surface area is 143 Å². The molecule has 0 bridgehead atoms. The molecule has 1 aliphatic heterocycles. The number of nitrogens with zero attached hydrogens (tertiary/aromatic N) is 8. The molecule has 0 fully saturated rings. The van der Waals surface area contributed by atoms with Crippen LogP contribution in [0.25, 0.3) is 11.0 Å². The van der Waals surface area contributed by atoms with E-state index in [1.165, 1.54) is 5.56 Å².